The number of aromatic nitrogens is 3. The van der Waals surface area contributed by atoms with Gasteiger partial charge in [0.1, 0.15) is 0 Å². The van der Waals surface area contributed by atoms with E-state index in [4.69, 9.17) is 11.5 Å². The van der Waals surface area contributed by atoms with Gasteiger partial charge in [0.05, 0.1) is 5.56 Å². The molecule has 7 nitrogen and oxygen atoms in total. The van der Waals surface area contributed by atoms with E-state index in [2.05, 4.69) is 10.2 Å². The summed E-state index contributed by atoms with van der Waals surface area (Å²) in [6.45, 7) is 0. The third kappa shape index (κ3) is 2.29. The molecule has 5 N–H and O–H groups in total. The number of carbonyl (C=O) groups excluding carboxylic acids is 1. The zero-order chi connectivity index (χ0) is 14.3. The van der Waals surface area contributed by atoms with E-state index in [1.165, 1.54) is 17.8 Å². The van der Waals surface area contributed by atoms with E-state index < -0.39 is 5.91 Å². The summed E-state index contributed by atoms with van der Waals surface area (Å²) in [6.07, 6.45) is 1.94. The lowest BCUT2D eigenvalue weighted by Crippen LogP contribution is -2.16. The van der Waals surface area contributed by atoms with Crippen LogP contribution in [0.25, 0.3) is 0 Å². The highest BCUT2D eigenvalue weighted by Crippen LogP contribution is 2.38. The Morgan fingerprint density at radius 3 is 2.85 bits per heavy atom. The van der Waals surface area contributed by atoms with Crippen molar-refractivity contribution in [3.63, 3.8) is 0 Å². The highest BCUT2D eigenvalue weighted by molar-refractivity contribution is 7.99. The molecule has 0 unspecified atom stereocenters. The highest BCUT2D eigenvalue weighted by Gasteiger charge is 2.29. The minimum absolute atomic E-state index is 0.203. The lowest BCUT2D eigenvalue weighted by Gasteiger charge is -2.07. The van der Waals surface area contributed by atoms with E-state index in [9.17, 15) is 9.59 Å². The molecular weight excluding hydrogens is 278 g/mol. The maximum Gasteiger partial charge on any atom is 0.344 e. The van der Waals surface area contributed by atoms with Crippen LogP contribution in [-0.2, 0) is 0 Å². The molecule has 1 amide bonds. The first-order chi connectivity index (χ1) is 9.56. The Labute approximate surface area is 118 Å². The molecule has 1 aromatic carbocycles. The van der Waals surface area contributed by atoms with Gasteiger partial charge in [-0.3, -0.25) is 9.36 Å². The molecule has 0 aliphatic heterocycles. The summed E-state index contributed by atoms with van der Waals surface area (Å²) in [7, 11) is 0. The molecule has 2 aromatic rings. The topological polar surface area (TPSA) is 120 Å². The van der Waals surface area contributed by atoms with Gasteiger partial charge in [-0.1, -0.05) is 0 Å². The van der Waals surface area contributed by atoms with Crippen LogP contribution in [0.3, 0.4) is 0 Å². The van der Waals surface area contributed by atoms with Crippen molar-refractivity contribution in [1.82, 2.24) is 14.8 Å². The van der Waals surface area contributed by atoms with Gasteiger partial charge in [-0.25, -0.2) is 9.89 Å². The predicted octanol–water partition coefficient (Wildman–Crippen LogP) is 0.739. The number of nitrogens with two attached hydrogens (primary N) is 2. The van der Waals surface area contributed by atoms with Gasteiger partial charge in [-0.05, 0) is 42.8 Å². The fourth-order valence-electron chi connectivity index (χ4n) is 1.94. The van der Waals surface area contributed by atoms with Crippen LogP contribution >= 0.6 is 11.8 Å². The second-order valence-electron chi connectivity index (χ2n) is 4.63. The van der Waals surface area contributed by atoms with Gasteiger partial charge in [0, 0.05) is 16.6 Å². The molecule has 0 bridgehead atoms. The molecule has 0 radical (unpaired) electrons. The summed E-state index contributed by atoms with van der Waals surface area (Å²) in [5.74, 6) is -0.560. The van der Waals surface area contributed by atoms with E-state index >= 15 is 0 Å². The number of aromatic amines is 1. The van der Waals surface area contributed by atoms with Gasteiger partial charge >= 0.3 is 5.69 Å². The number of anilines is 1. The second kappa shape index (κ2) is 4.71. The number of rotatable bonds is 4. The molecular formula is C12H13N5O2S. The minimum Gasteiger partial charge on any atom is -0.399 e. The molecule has 0 spiro atoms. The van der Waals surface area contributed by atoms with Crippen LogP contribution in [0, 0.1) is 0 Å². The minimum atomic E-state index is -0.560. The Bertz CT molecular complexity index is 732. The molecule has 0 saturated heterocycles. The molecule has 1 aliphatic carbocycles. The zero-order valence-electron chi connectivity index (χ0n) is 10.5. The van der Waals surface area contributed by atoms with E-state index in [0.29, 0.717) is 21.3 Å². The number of benzene rings is 1. The smallest absolute Gasteiger partial charge is 0.344 e. The van der Waals surface area contributed by atoms with E-state index in [0.717, 1.165) is 12.8 Å². The number of H-pyrrole nitrogens is 1. The highest BCUT2D eigenvalue weighted by atomic mass is 32.2. The Morgan fingerprint density at radius 2 is 2.20 bits per heavy atom. The van der Waals surface area contributed by atoms with Gasteiger partial charge in [0.25, 0.3) is 0 Å². The second-order valence-corrected chi connectivity index (χ2v) is 5.64. The van der Waals surface area contributed by atoms with Gasteiger partial charge < -0.3 is 11.5 Å². The number of amides is 1. The Kier molecular flexibility index (Phi) is 3.01. The van der Waals surface area contributed by atoms with Gasteiger partial charge in [-0.2, -0.15) is 0 Å². The normalized spacial score (nSPS) is 14.4. The van der Waals surface area contributed by atoms with Crippen molar-refractivity contribution >= 4 is 23.4 Å². The number of nitrogens with zero attached hydrogens (tertiary/aromatic N) is 2. The van der Waals surface area contributed by atoms with Crippen LogP contribution in [0.4, 0.5) is 5.69 Å². The molecule has 1 aromatic heterocycles. The summed E-state index contributed by atoms with van der Waals surface area (Å²) in [5.41, 5.74) is 11.6. The van der Waals surface area contributed by atoms with Crippen LogP contribution in [0.15, 0.2) is 33.0 Å². The van der Waals surface area contributed by atoms with E-state index in [-0.39, 0.29) is 11.7 Å². The quantitative estimate of drug-likeness (QED) is 0.717. The number of hydrogen-bond acceptors (Lipinski definition) is 5. The number of nitrogen functional groups attached to an aromatic ring is 1. The summed E-state index contributed by atoms with van der Waals surface area (Å²) >= 11 is 1.23. The summed E-state index contributed by atoms with van der Waals surface area (Å²) in [6, 6.07) is 5.11. The number of carbonyl (C=O) groups is 1. The SMILES string of the molecule is NC(=O)c1cc(N)ccc1Sc1n[nH]c(=O)n1C1CC1. The van der Waals surface area contributed by atoms with Crippen molar-refractivity contribution in [2.45, 2.75) is 28.9 Å². The fourth-order valence-corrected chi connectivity index (χ4v) is 2.97. The zero-order valence-corrected chi connectivity index (χ0v) is 11.3. The monoisotopic (exact) mass is 291 g/mol. The molecule has 1 fully saturated rings. The van der Waals surface area contributed by atoms with Crippen molar-refractivity contribution in [2.75, 3.05) is 5.73 Å². The molecule has 1 aliphatic rings. The van der Waals surface area contributed by atoms with E-state index in [1.807, 2.05) is 0 Å². The van der Waals surface area contributed by atoms with Crippen LogP contribution in [0.1, 0.15) is 29.2 Å². The van der Waals surface area contributed by atoms with Crippen LogP contribution in [-0.4, -0.2) is 20.7 Å². The van der Waals surface area contributed by atoms with Gasteiger partial charge in [-0.15, -0.1) is 5.10 Å². The van der Waals surface area contributed by atoms with Gasteiger partial charge in [0.2, 0.25) is 5.91 Å². The molecule has 1 heterocycles. The Hall–Kier alpha value is -2.22. The lowest BCUT2D eigenvalue weighted by molar-refractivity contribution is 0.0997. The average molecular weight is 291 g/mol. The number of nitrogens with one attached hydrogen (secondary N) is 1. The lowest BCUT2D eigenvalue weighted by atomic mass is 10.2. The van der Waals surface area contributed by atoms with Crippen LogP contribution in [0.2, 0.25) is 0 Å². The van der Waals surface area contributed by atoms with Gasteiger partial charge in [0.15, 0.2) is 5.16 Å². The first-order valence-corrected chi connectivity index (χ1v) is 6.92. The van der Waals surface area contributed by atoms with E-state index in [1.54, 1.807) is 16.7 Å². The van der Waals surface area contributed by atoms with Crippen LogP contribution < -0.4 is 17.2 Å². The molecule has 0 atom stereocenters. The largest absolute Gasteiger partial charge is 0.399 e. The first-order valence-electron chi connectivity index (χ1n) is 6.10. The van der Waals surface area contributed by atoms with Crippen molar-refractivity contribution in [3.8, 4) is 0 Å². The summed E-state index contributed by atoms with van der Waals surface area (Å²) in [5, 5.41) is 6.97. The van der Waals surface area contributed by atoms with Crippen molar-refractivity contribution in [1.29, 1.82) is 0 Å². The molecule has 1 saturated carbocycles. The van der Waals surface area contributed by atoms with Crippen molar-refractivity contribution < 1.29 is 4.79 Å². The van der Waals surface area contributed by atoms with Crippen LogP contribution in [0.5, 0.6) is 0 Å². The molecule has 104 valence electrons. The average Bonchev–Trinajstić information content (AvgIpc) is 3.17. The fraction of sp³-hybridized carbons (Fsp3) is 0.250. The maximum absolute atomic E-state index is 11.7. The molecule has 3 rings (SSSR count). The van der Waals surface area contributed by atoms with Crippen molar-refractivity contribution in [3.05, 3.63) is 34.2 Å². The standard InChI is InChI=1S/C12H13N5O2S/c13-6-1-4-9(8(5-6)10(14)18)20-12-16-15-11(19)17(12)7-2-3-7/h1,4-5,7H,2-3,13H2,(H2,14,18)(H,15,19). The summed E-state index contributed by atoms with van der Waals surface area (Å²) in [4.78, 5) is 23.8. The summed E-state index contributed by atoms with van der Waals surface area (Å²) < 4.78 is 1.62. The maximum atomic E-state index is 11.7. The Balaban J connectivity index is 1.99. The Morgan fingerprint density at radius 1 is 1.45 bits per heavy atom. The molecule has 20 heavy (non-hydrogen) atoms. The first kappa shape index (κ1) is 12.8. The third-order valence-corrected chi connectivity index (χ3v) is 4.10. The van der Waals surface area contributed by atoms with Crippen molar-refractivity contribution in [2.24, 2.45) is 5.73 Å². The number of primary amides is 1. The number of hydrogen-bond donors (Lipinski definition) is 3. The molecule has 8 heteroatoms. The predicted molar refractivity (Wildman–Crippen MR) is 74.6 cm³/mol. The third-order valence-electron chi connectivity index (χ3n) is 3.05.